The molecule has 2 aromatic carbocycles. The molecule has 1 aliphatic rings. The Morgan fingerprint density at radius 3 is 2.38 bits per heavy atom. The molecule has 0 atom stereocenters. The van der Waals surface area contributed by atoms with E-state index in [1.54, 1.807) is 24.3 Å². The third kappa shape index (κ3) is 2.86. The molecule has 24 heavy (non-hydrogen) atoms. The maximum Gasteiger partial charge on any atom is 0.283 e. The zero-order chi connectivity index (χ0) is 17.3. The van der Waals surface area contributed by atoms with Gasteiger partial charge in [0.2, 0.25) is 0 Å². The largest absolute Gasteiger partial charge is 0.289 e. The average molecular weight is 342 g/mol. The van der Waals surface area contributed by atoms with Crippen molar-refractivity contribution in [1.29, 1.82) is 0 Å². The molecule has 0 N–H and O–H groups in total. The highest BCUT2D eigenvalue weighted by molar-refractivity contribution is 7.90. The highest BCUT2D eigenvalue weighted by Gasteiger charge is 2.22. The van der Waals surface area contributed by atoms with Crippen molar-refractivity contribution in [1.82, 2.24) is 0 Å². The van der Waals surface area contributed by atoms with Crippen molar-refractivity contribution in [2.45, 2.75) is 4.90 Å². The molecule has 1 aliphatic carbocycles. The SMILES string of the molecule is O=C1C=C/C(=N\S(=O)(=O)c2cccc([N+](=O)[O-])c2)c2ccccc21. The summed E-state index contributed by atoms with van der Waals surface area (Å²) in [6, 6.07) is 11.2. The number of fused-ring (bicyclic) bond motifs is 1. The number of nitrogens with zero attached hydrogens (tertiary/aromatic N) is 2. The number of hydrogen-bond donors (Lipinski definition) is 0. The number of rotatable bonds is 3. The first-order chi connectivity index (χ1) is 11.4. The second-order valence-electron chi connectivity index (χ2n) is 4.95. The van der Waals surface area contributed by atoms with Crippen LogP contribution in [0.5, 0.6) is 0 Å². The second kappa shape index (κ2) is 5.82. The van der Waals surface area contributed by atoms with Crippen LogP contribution in [-0.2, 0) is 10.0 Å². The summed E-state index contributed by atoms with van der Waals surface area (Å²) >= 11 is 0. The predicted octanol–water partition coefficient (Wildman–Crippen LogP) is 2.53. The third-order valence-electron chi connectivity index (χ3n) is 3.41. The maximum absolute atomic E-state index is 12.4. The van der Waals surface area contributed by atoms with Crippen LogP contribution in [0.25, 0.3) is 0 Å². The molecule has 0 aliphatic heterocycles. The van der Waals surface area contributed by atoms with Crippen LogP contribution >= 0.6 is 0 Å². The van der Waals surface area contributed by atoms with Crippen LogP contribution in [0.2, 0.25) is 0 Å². The summed E-state index contributed by atoms with van der Waals surface area (Å²) in [5.74, 6) is -0.239. The lowest BCUT2D eigenvalue weighted by Crippen LogP contribution is -2.14. The second-order valence-corrected chi connectivity index (χ2v) is 6.55. The van der Waals surface area contributed by atoms with Crippen LogP contribution in [0.15, 0.2) is 70.0 Å². The minimum absolute atomic E-state index is 0.108. The molecule has 0 radical (unpaired) electrons. The lowest BCUT2D eigenvalue weighted by Gasteiger charge is -2.11. The first-order valence-corrected chi connectivity index (χ1v) is 8.24. The van der Waals surface area contributed by atoms with Gasteiger partial charge in [-0.25, -0.2) is 0 Å². The van der Waals surface area contributed by atoms with Crippen molar-refractivity contribution in [3.8, 4) is 0 Å². The van der Waals surface area contributed by atoms with E-state index in [1.807, 2.05) is 0 Å². The van der Waals surface area contributed by atoms with Gasteiger partial charge in [-0.1, -0.05) is 30.3 Å². The molecule has 0 saturated carbocycles. The summed E-state index contributed by atoms with van der Waals surface area (Å²) in [5, 5.41) is 10.8. The fraction of sp³-hybridized carbons (Fsp3) is 0. The zero-order valence-corrected chi connectivity index (χ0v) is 12.9. The lowest BCUT2D eigenvalue weighted by atomic mass is 9.95. The van der Waals surface area contributed by atoms with Crippen molar-refractivity contribution in [3.63, 3.8) is 0 Å². The highest BCUT2D eigenvalue weighted by atomic mass is 32.2. The highest BCUT2D eigenvalue weighted by Crippen LogP contribution is 2.22. The number of benzene rings is 2. The molecular formula is C16H10N2O5S. The topological polar surface area (TPSA) is 107 Å². The number of nitro groups is 1. The quantitative estimate of drug-likeness (QED) is 0.629. The molecular weight excluding hydrogens is 332 g/mol. The molecule has 0 aromatic heterocycles. The molecule has 0 saturated heterocycles. The number of nitro benzene ring substituents is 1. The van der Waals surface area contributed by atoms with Crippen LogP contribution in [-0.4, -0.2) is 24.8 Å². The molecule has 2 aromatic rings. The van der Waals surface area contributed by atoms with E-state index in [0.29, 0.717) is 11.1 Å². The Bertz CT molecular complexity index is 1020. The minimum atomic E-state index is -4.16. The van der Waals surface area contributed by atoms with Crippen LogP contribution < -0.4 is 0 Å². The Kier molecular flexibility index (Phi) is 3.82. The number of carbonyl (C=O) groups is 1. The first kappa shape index (κ1) is 15.8. The molecule has 0 unspecified atom stereocenters. The van der Waals surface area contributed by atoms with E-state index in [-0.39, 0.29) is 22.1 Å². The van der Waals surface area contributed by atoms with E-state index >= 15 is 0 Å². The van der Waals surface area contributed by atoms with Crippen molar-refractivity contribution >= 4 is 27.2 Å². The van der Waals surface area contributed by atoms with Gasteiger partial charge in [0, 0.05) is 23.3 Å². The summed E-state index contributed by atoms with van der Waals surface area (Å²) < 4.78 is 28.6. The molecule has 7 nitrogen and oxygen atoms in total. The van der Waals surface area contributed by atoms with E-state index in [1.165, 1.54) is 30.4 Å². The Hall–Kier alpha value is -3.13. The van der Waals surface area contributed by atoms with Gasteiger partial charge in [0.15, 0.2) is 5.78 Å². The van der Waals surface area contributed by atoms with Gasteiger partial charge in [0.1, 0.15) is 0 Å². The summed E-state index contributed by atoms with van der Waals surface area (Å²) in [5.41, 5.74) is 0.523. The van der Waals surface area contributed by atoms with Crippen LogP contribution in [0, 0.1) is 10.1 Å². The summed E-state index contributed by atoms with van der Waals surface area (Å²) in [6.07, 6.45) is 2.56. The van der Waals surface area contributed by atoms with Gasteiger partial charge in [-0.05, 0) is 18.2 Å². The van der Waals surface area contributed by atoms with Gasteiger partial charge in [-0.2, -0.15) is 12.8 Å². The van der Waals surface area contributed by atoms with E-state index < -0.39 is 14.9 Å². The monoisotopic (exact) mass is 342 g/mol. The van der Waals surface area contributed by atoms with Crippen molar-refractivity contribution in [2.24, 2.45) is 4.40 Å². The Morgan fingerprint density at radius 2 is 1.67 bits per heavy atom. The zero-order valence-electron chi connectivity index (χ0n) is 12.1. The van der Waals surface area contributed by atoms with E-state index in [9.17, 15) is 23.3 Å². The van der Waals surface area contributed by atoms with Crippen molar-refractivity contribution in [2.75, 3.05) is 0 Å². The van der Waals surface area contributed by atoms with E-state index in [0.717, 1.165) is 6.07 Å². The number of carbonyl (C=O) groups excluding carboxylic acids is 1. The fourth-order valence-electron chi connectivity index (χ4n) is 2.27. The standard InChI is InChI=1S/C16H10N2O5S/c19-16-9-8-15(13-6-1-2-7-14(13)16)17-24(22,23)12-5-3-4-11(10-12)18(20)21/h1-10H/b17-15+. The maximum atomic E-state index is 12.4. The Labute approximate surface area is 137 Å². The average Bonchev–Trinajstić information content (AvgIpc) is 2.58. The van der Waals surface area contributed by atoms with Gasteiger partial charge in [0.25, 0.3) is 15.7 Å². The van der Waals surface area contributed by atoms with Gasteiger partial charge >= 0.3 is 0 Å². The number of allylic oxidation sites excluding steroid dienone is 2. The van der Waals surface area contributed by atoms with Crippen LogP contribution in [0.3, 0.4) is 0 Å². The summed E-state index contributed by atoms with van der Waals surface area (Å²) in [6.45, 7) is 0. The minimum Gasteiger partial charge on any atom is -0.289 e. The number of hydrogen-bond acceptors (Lipinski definition) is 5. The predicted molar refractivity (Wildman–Crippen MR) is 86.7 cm³/mol. The molecule has 0 fully saturated rings. The van der Waals surface area contributed by atoms with Gasteiger partial charge in [-0.15, -0.1) is 0 Å². The molecule has 3 rings (SSSR count). The van der Waals surface area contributed by atoms with Gasteiger partial charge in [-0.3, -0.25) is 14.9 Å². The lowest BCUT2D eigenvalue weighted by molar-refractivity contribution is -0.385. The van der Waals surface area contributed by atoms with Crippen molar-refractivity contribution in [3.05, 3.63) is 81.9 Å². The first-order valence-electron chi connectivity index (χ1n) is 6.80. The normalized spacial score (nSPS) is 15.3. The third-order valence-corrected chi connectivity index (χ3v) is 4.69. The number of ketones is 1. The fourth-order valence-corrected chi connectivity index (χ4v) is 3.32. The smallest absolute Gasteiger partial charge is 0.283 e. The van der Waals surface area contributed by atoms with Gasteiger partial charge < -0.3 is 0 Å². The number of non-ortho nitro benzene ring substituents is 1. The van der Waals surface area contributed by atoms with Crippen LogP contribution in [0.4, 0.5) is 5.69 Å². The van der Waals surface area contributed by atoms with Crippen molar-refractivity contribution < 1.29 is 18.1 Å². The molecule has 0 heterocycles. The molecule has 120 valence electrons. The summed E-state index contributed by atoms with van der Waals surface area (Å²) in [7, 11) is -4.16. The number of sulfonamides is 1. The van der Waals surface area contributed by atoms with Gasteiger partial charge in [0.05, 0.1) is 15.5 Å². The van der Waals surface area contributed by atoms with E-state index in [2.05, 4.69) is 4.40 Å². The molecule has 0 amide bonds. The van der Waals surface area contributed by atoms with E-state index in [4.69, 9.17) is 0 Å². The molecule has 0 spiro atoms. The Morgan fingerprint density at radius 1 is 0.958 bits per heavy atom. The molecule has 0 bridgehead atoms. The molecule has 8 heteroatoms. The Balaban J connectivity index is 2.11. The summed E-state index contributed by atoms with van der Waals surface area (Å²) in [4.78, 5) is 21.7. The van der Waals surface area contributed by atoms with Crippen LogP contribution in [0.1, 0.15) is 15.9 Å².